The van der Waals surface area contributed by atoms with Crippen LogP contribution in [0.4, 0.5) is 0 Å². The molecule has 1 aliphatic carbocycles. The number of carbonyl (C=O) groups excluding carboxylic acids is 1. The van der Waals surface area contributed by atoms with Crippen LogP contribution in [0.3, 0.4) is 0 Å². The van der Waals surface area contributed by atoms with Crippen molar-refractivity contribution in [2.45, 2.75) is 80.3 Å². The van der Waals surface area contributed by atoms with Gasteiger partial charge in [0, 0.05) is 31.9 Å². The second-order valence-corrected chi connectivity index (χ2v) is 10.9. The van der Waals surface area contributed by atoms with E-state index in [-0.39, 0.29) is 16.8 Å². The summed E-state index contributed by atoms with van der Waals surface area (Å²) in [5.41, 5.74) is 0. The van der Waals surface area contributed by atoms with Crippen LogP contribution in [-0.4, -0.2) is 59.9 Å². The molecule has 1 atom stereocenters. The number of hydrogen-bond donors (Lipinski definition) is 0. The van der Waals surface area contributed by atoms with Crippen LogP contribution in [0, 0.1) is 0 Å². The fourth-order valence-corrected chi connectivity index (χ4v) is 6.19. The third-order valence-corrected chi connectivity index (χ3v) is 8.76. The first-order chi connectivity index (χ1) is 13.4. The monoisotopic (exact) mass is 425 g/mol. The number of aromatic nitrogens is 1. The number of likely N-dealkylation sites (tertiary alicyclic amines) is 1. The van der Waals surface area contributed by atoms with Crippen LogP contribution in [0.2, 0.25) is 0 Å². The molecule has 0 N–H and O–H groups in total. The minimum atomic E-state index is -3.52. The van der Waals surface area contributed by atoms with E-state index in [0.717, 1.165) is 45.1 Å². The SMILES string of the molecule is C[C@H]1CCCCN1C(=O)CSc1ccc(S(=O)(=O)N(C)C2CCCCC2)cn1. The van der Waals surface area contributed by atoms with Gasteiger partial charge in [0.15, 0.2) is 0 Å². The van der Waals surface area contributed by atoms with Gasteiger partial charge in [0.1, 0.15) is 4.90 Å². The molecule has 0 aromatic carbocycles. The molecule has 6 nitrogen and oxygen atoms in total. The van der Waals surface area contributed by atoms with E-state index in [1.807, 2.05) is 4.90 Å². The summed E-state index contributed by atoms with van der Waals surface area (Å²) >= 11 is 1.37. The lowest BCUT2D eigenvalue weighted by atomic mass is 9.96. The number of pyridine rings is 1. The number of sulfonamides is 1. The quantitative estimate of drug-likeness (QED) is 0.652. The van der Waals surface area contributed by atoms with Gasteiger partial charge < -0.3 is 4.90 Å². The number of amides is 1. The first-order valence-corrected chi connectivity index (χ1v) is 12.7. The average Bonchev–Trinajstić information content (AvgIpc) is 2.72. The average molecular weight is 426 g/mol. The number of rotatable bonds is 6. The van der Waals surface area contributed by atoms with Crippen molar-refractivity contribution in [1.82, 2.24) is 14.2 Å². The predicted molar refractivity (Wildman–Crippen MR) is 112 cm³/mol. The van der Waals surface area contributed by atoms with E-state index in [0.29, 0.717) is 16.8 Å². The molecule has 3 rings (SSSR count). The highest BCUT2D eigenvalue weighted by Crippen LogP contribution is 2.27. The summed E-state index contributed by atoms with van der Waals surface area (Å²) < 4.78 is 27.3. The molecule has 0 spiro atoms. The fourth-order valence-electron chi connectivity index (χ4n) is 4.10. The topological polar surface area (TPSA) is 70.6 Å². The number of thioether (sulfide) groups is 1. The number of nitrogens with zero attached hydrogens (tertiary/aromatic N) is 3. The summed E-state index contributed by atoms with van der Waals surface area (Å²) in [5.74, 6) is 0.471. The largest absolute Gasteiger partial charge is 0.339 e. The van der Waals surface area contributed by atoms with Crippen LogP contribution in [0.15, 0.2) is 28.3 Å². The molecule has 0 radical (unpaired) electrons. The van der Waals surface area contributed by atoms with Crippen LogP contribution < -0.4 is 0 Å². The molecule has 1 saturated heterocycles. The van der Waals surface area contributed by atoms with E-state index in [4.69, 9.17) is 0 Å². The Hall–Kier alpha value is -1.12. The van der Waals surface area contributed by atoms with Crippen molar-refractivity contribution in [3.8, 4) is 0 Å². The number of hydrogen-bond acceptors (Lipinski definition) is 5. The van der Waals surface area contributed by atoms with Crippen LogP contribution in [0.5, 0.6) is 0 Å². The highest BCUT2D eigenvalue weighted by atomic mass is 32.2. The van der Waals surface area contributed by atoms with Crippen molar-refractivity contribution in [3.63, 3.8) is 0 Å². The van der Waals surface area contributed by atoms with Crippen molar-refractivity contribution in [1.29, 1.82) is 0 Å². The first kappa shape index (κ1) is 21.6. The maximum atomic E-state index is 12.9. The minimum Gasteiger partial charge on any atom is -0.339 e. The molecule has 2 heterocycles. The van der Waals surface area contributed by atoms with Crippen molar-refractivity contribution >= 4 is 27.7 Å². The van der Waals surface area contributed by atoms with E-state index >= 15 is 0 Å². The Bertz CT molecular complexity index is 761. The summed E-state index contributed by atoms with van der Waals surface area (Å²) in [4.78, 5) is 18.9. The highest BCUT2D eigenvalue weighted by Gasteiger charge is 2.29. The van der Waals surface area contributed by atoms with E-state index in [9.17, 15) is 13.2 Å². The van der Waals surface area contributed by atoms with Crippen LogP contribution >= 0.6 is 11.8 Å². The molecule has 1 aromatic rings. The van der Waals surface area contributed by atoms with Gasteiger partial charge in [-0.05, 0) is 51.2 Å². The Kier molecular flexibility index (Phi) is 7.39. The maximum Gasteiger partial charge on any atom is 0.244 e. The molecule has 1 saturated carbocycles. The van der Waals surface area contributed by atoms with E-state index in [2.05, 4.69) is 11.9 Å². The van der Waals surface area contributed by atoms with E-state index in [1.165, 1.54) is 35.1 Å². The number of carbonyl (C=O) groups is 1. The Morgan fingerprint density at radius 3 is 2.54 bits per heavy atom. The predicted octanol–water partition coefficient (Wildman–Crippen LogP) is 3.53. The smallest absolute Gasteiger partial charge is 0.244 e. The molecule has 8 heteroatoms. The van der Waals surface area contributed by atoms with Crippen LogP contribution in [0.25, 0.3) is 0 Å². The summed E-state index contributed by atoms with van der Waals surface area (Å²) in [7, 11) is -1.85. The van der Waals surface area contributed by atoms with Gasteiger partial charge in [-0.25, -0.2) is 13.4 Å². The third-order valence-electron chi connectivity index (χ3n) is 5.94. The molecular weight excluding hydrogens is 394 g/mol. The zero-order valence-corrected chi connectivity index (χ0v) is 18.5. The molecule has 1 aromatic heterocycles. The Morgan fingerprint density at radius 2 is 1.89 bits per heavy atom. The van der Waals surface area contributed by atoms with Crippen molar-refractivity contribution < 1.29 is 13.2 Å². The lowest BCUT2D eigenvalue weighted by molar-refractivity contribution is -0.131. The number of piperidine rings is 1. The van der Waals surface area contributed by atoms with Crippen molar-refractivity contribution in [2.75, 3.05) is 19.3 Å². The standard InChI is InChI=1S/C20H31N3O3S2/c1-16-8-6-7-13-23(16)20(24)15-27-19-12-11-18(14-21-19)28(25,26)22(2)17-9-4-3-5-10-17/h11-12,14,16-17H,3-10,13,15H2,1-2H3/t16-/m0/s1. The fraction of sp³-hybridized carbons (Fsp3) is 0.700. The van der Waals surface area contributed by atoms with Gasteiger partial charge >= 0.3 is 0 Å². The lowest BCUT2D eigenvalue weighted by Crippen LogP contribution is -2.42. The summed E-state index contributed by atoms with van der Waals surface area (Å²) in [6.07, 6.45) is 9.95. The van der Waals surface area contributed by atoms with Gasteiger partial charge in [-0.3, -0.25) is 4.79 Å². The Labute approximate surface area is 173 Å². The highest BCUT2D eigenvalue weighted by molar-refractivity contribution is 7.99. The van der Waals surface area contributed by atoms with Gasteiger partial charge in [0.25, 0.3) is 0 Å². The van der Waals surface area contributed by atoms with Crippen molar-refractivity contribution in [2.24, 2.45) is 0 Å². The van der Waals surface area contributed by atoms with E-state index < -0.39 is 10.0 Å². The van der Waals surface area contributed by atoms with Gasteiger partial charge in [-0.15, -0.1) is 0 Å². The molecule has 2 fully saturated rings. The summed E-state index contributed by atoms with van der Waals surface area (Å²) in [5, 5.41) is 0.678. The second-order valence-electron chi connectivity index (χ2n) is 7.87. The molecular formula is C20H31N3O3S2. The molecule has 2 aliphatic rings. The molecule has 156 valence electrons. The zero-order chi connectivity index (χ0) is 20.1. The normalized spacial score (nSPS) is 21.8. The van der Waals surface area contributed by atoms with Crippen LogP contribution in [0.1, 0.15) is 58.3 Å². The third kappa shape index (κ3) is 5.07. The van der Waals surface area contributed by atoms with Crippen LogP contribution in [-0.2, 0) is 14.8 Å². The maximum absolute atomic E-state index is 12.9. The van der Waals surface area contributed by atoms with Gasteiger partial charge in [0.2, 0.25) is 15.9 Å². The second kappa shape index (κ2) is 9.59. The van der Waals surface area contributed by atoms with Gasteiger partial charge in [0.05, 0.1) is 10.8 Å². The molecule has 0 bridgehead atoms. The summed E-state index contributed by atoms with van der Waals surface area (Å²) in [6, 6.07) is 3.70. The lowest BCUT2D eigenvalue weighted by Gasteiger charge is -2.33. The van der Waals surface area contributed by atoms with Crippen molar-refractivity contribution in [3.05, 3.63) is 18.3 Å². The minimum absolute atomic E-state index is 0.0805. The Morgan fingerprint density at radius 1 is 1.18 bits per heavy atom. The zero-order valence-electron chi connectivity index (χ0n) is 16.8. The van der Waals surface area contributed by atoms with Gasteiger partial charge in [-0.1, -0.05) is 31.0 Å². The molecule has 1 aliphatic heterocycles. The first-order valence-electron chi connectivity index (χ1n) is 10.3. The Balaban J connectivity index is 1.58. The summed E-state index contributed by atoms with van der Waals surface area (Å²) in [6.45, 7) is 2.93. The molecule has 28 heavy (non-hydrogen) atoms. The van der Waals surface area contributed by atoms with E-state index in [1.54, 1.807) is 19.2 Å². The van der Waals surface area contributed by atoms with Gasteiger partial charge in [-0.2, -0.15) is 4.31 Å². The molecule has 0 unspecified atom stereocenters. The molecule has 1 amide bonds.